The van der Waals surface area contributed by atoms with Crippen molar-refractivity contribution in [1.29, 1.82) is 0 Å². The summed E-state index contributed by atoms with van der Waals surface area (Å²) >= 11 is 0. The van der Waals surface area contributed by atoms with Crippen molar-refractivity contribution in [3.63, 3.8) is 0 Å². The zero-order valence-electron chi connectivity index (χ0n) is 16.5. The number of anilines is 1. The van der Waals surface area contributed by atoms with Gasteiger partial charge in [-0.25, -0.2) is 13.2 Å². The smallest absolute Gasteiger partial charge is 0.323 e. The number of hydrogen-bond acceptors (Lipinski definition) is 4. The number of aromatic nitrogens is 2. The van der Waals surface area contributed by atoms with Crippen LogP contribution in [0.1, 0.15) is 28.9 Å². The highest BCUT2D eigenvalue weighted by Crippen LogP contribution is 2.23. The van der Waals surface area contributed by atoms with E-state index in [1.54, 1.807) is 18.2 Å². The number of carbonyl (C=O) groups is 1. The average Bonchev–Trinajstić information content (AvgIpc) is 3.13. The Hall–Kier alpha value is -3.85. The van der Waals surface area contributed by atoms with Gasteiger partial charge in [0.25, 0.3) is 15.9 Å². The second kappa shape index (κ2) is 8.11. The Morgan fingerprint density at radius 1 is 0.903 bits per heavy atom. The summed E-state index contributed by atoms with van der Waals surface area (Å²) < 4.78 is 28.3. The predicted octanol–water partition coefficient (Wildman–Crippen LogP) is 3.15. The third-order valence-corrected chi connectivity index (χ3v) is 6.22. The van der Waals surface area contributed by atoms with Crippen LogP contribution in [0.4, 0.5) is 5.69 Å². The summed E-state index contributed by atoms with van der Waals surface area (Å²) in [5.74, 6) is -0.403. The number of para-hydroxylation sites is 1. The van der Waals surface area contributed by atoms with E-state index in [2.05, 4.69) is 20.0 Å². The lowest BCUT2D eigenvalue weighted by atomic mass is 10.1. The van der Waals surface area contributed by atoms with Crippen LogP contribution in [0.15, 0.2) is 82.5 Å². The van der Waals surface area contributed by atoms with Crippen LogP contribution >= 0.6 is 0 Å². The van der Waals surface area contributed by atoms with Crippen molar-refractivity contribution in [1.82, 2.24) is 15.3 Å². The first-order chi connectivity index (χ1) is 14.8. The SMILES string of the molecule is C[C@H](NC(=O)c1ccccc1NS(=O)(=O)c1ccc2[nH]c(=O)[nH]c2c1)c1ccccc1. The van der Waals surface area contributed by atoms with Crippen molar-refractivity contribution in [2.45, 2.75) is 17.9 Å². The van der Waals surface area contributed by atoms with Crippen LogP contribution in [0.5, 0.6) is 0 Å². The van der Waals surface area contributed by atoms with Crippen molar-refractivity contribution in [3.05, 3.63) is 94.4 Å². The Morgan fingerprint density at radius 2 is 1.58 bits per heavy atom. The molecule has 1 atom stereocenters. The van der Waals surface area contributed by atoms with Gasteiger partial charge in [0.15, 0.2) is 0 Å². The van der Waals surface area contributed by atoms with Crippen LogP contribution in [-0.4, -0.2) is 24.3 Å². The number of carbonyl (C=O) groups excluding carboxylic acids is 1. The summed E-state index contributed by atoms with van der Waals surface area (Å²) in [6, 6.07) is 19.8. The molecular weight excluding hydrogens is 416 g/mol. The van der Waals surface area contributed by atoms with Crippen molar-refractivity contribution < 1.29 is 13.2 Å². The maximum atomic E-state index is 12.9. The molecule has 0 radical (unpaired) electrons. The van der Waals surface area contributed by atoms with Gasteiger partial charge in [0.1, 0.15) is 0 Å². The number of hydrogen-bond donors (Lipinski definition) is 4. The fraction of sp³-hybridized carbons (Fsp3) is 0.0909. The zero-order valence-corrected chi connectivity index (χ0v) is 17.4. The molecule has 8 nitrogen and oxygen atoms in total. The van der Waals surface area contributed by atoms with Gasteiger partial charge in [-0.2, -0.15) is 0 Å². The highest BCUT2D eigenvalue weighted by Gasteiger charge is 2.20. The van der Waals surface area contributed by atoms with Crippen molar-refractivity contribution in [3.8, 4) is 0 Å². The number of aromatic amines is 2. The normalized spacial score (nSPS) is 12.4. The molecule has 0 aliphatic heterocycles. The Bertz CT molecular complexity index is 1410. The van der Waals surface area contributed by atoms with Crippen molar-refractivity contribution >= 4 is 32.7 Å². The first kappa shape index (κ1) is 20.4. The van der Waals surface area contributed by atoms with Crippen LogP contribution in [0, 0.1) is 0 Å². The number of rotatable bonds is 6. The lowest BCUT2D eigenvalue weighted by molar-refractivity contribution is 0.0941. The predicted molar refractivity (Wildman–Crippen MR) is 118 cm³/mol. The Balaban J connectivity index is 1.60. The van der Waals surface area contributed by atoms with Crippen LogP contribution < -0.4 is 15.7 Å². The second-order valence-electron chi connectivity index (χ2n) is 7.04. The standard InChI is InChI=1S/C22H20N4O4S/c1-14(15-7-3-2-4-8-15)23-21(27)17-9-5-6-10-18(17)26-31(29,30)16-11-12-19-20(13-16)25-22(28)24-19/h2-14,26H,1H3,(H,23,27)(H2,24,25,28)/t14-/m0/s1. The molecule has 4 N–H and O–H groups in total. The lowest BCUT2D eigenvalue weighted by Gasteiger charge is -2.17. The molecule has 1 heterocycles. The van der Waals surface area contributed by atoms with Gasteiger partial charge in [-0.15, -0.1) is 0 Å². The largest absolute Gasteiger partial charge is 0.345 e. The summed E-state index contributed by atoms with van der Waals surface area (Å²) in [7, 11) is -4.00. The lowest BCUT2D eigenvalue weighted by Crippen LogP contribution is -2.28. The van der Waals surface area contributed by atoms with Gasteiger partial charge in [0.2, 0.25) is 0 Å². The number of fused-ring (bicyclic) bond motifs is 1. The van der Waals surface area contributed by atoms with E-state index in [-0.39, 0.29) is 22.2 Å². The molecule has 1 amide bonds. The van der Waals surface area contributed by atoms with E-state index in [1.807, 2.05) is 37.3 Å². The van der Waals surface area contributed by atoms with E-state index >= 15 is 0 Å². The summed E-state index contributed by atoms with van der Waals surface area (Å²) in [4.78, 5) is 29.3. The molecule has 0 saturated heterocycles. The number of sulfonamides is 1. The number of amides is 1. The Labute approximate surface area is 178 Å². The fourth-order valence-electron chi connectivity index (χ4n) is 3.25. The van der Waals surface area contributed by atoms with E-state index in [9.17, 15) is 18.0 Å². The van der Waals surface area contributed by atoms with E-state index in [0.717, 1.165) is 5.56 Å². The zero-order chi connectivity index (χ0) is 22.0. The van der Waals surface area contributed by atoms with Gasteiger partial charge in [0, 0.05) is 0 Å². The van der Waals surface area contributed by atoms with Gasteiger partial charge in [0.05, 0.1) is 33.2 Å². The molecule has 158 valence electrons. The van der Waals surface area contributed by atoms with Crippen molar-refractivity contribution in [2.24, 2.45) is 0 Å². The third-order valence-electron chi connectivity index (χ3n) is 4.86. The van der Waals surface area contributed by atoms with Crippen LogP contribution in [0.2, 0.25) is 0 Å². The molecule has 1 aromatic heterocycles. The summed E-state index contributed by atoms with van der Waals surface area (Å²) in [5.41, 5.74) is 1.73. The summed E-state index contributed by atoms with van der Waals surface area (Å²) in [5, 5.41) is 2.89. The van der Waals surface area contributed by atoms with E-state index in [0.29, 0.717) is 11.0 Å². The number of H-pyrrole nitrogens is 2. The summed E-state index contributed by atoms with van der Waals surface area (Å²) in [6.07, 6.45) is 0. The fourth-order valence-corrected chi connectivity index (χ4v) is 4.36. The minimum atomic E-state index is -4.00. The molecule has 0 aliphatic rings. The van der Waals surface area contributed by atoms with Crippen molar-refractivity contribution in [2.75, 3.05) is 4.72 Å². The van der Waals surface area contributed by atoms with Crippen LogP contribution in [0.25, 0.3) is 11.0 Å². The molecule has 31 heavy (non-hydrogen) atoms. The molecule has 9 heteroatoms. The molecule has 0 unspecified atom stereocenters. The molecule has 0 spiro atoms. The van der Waals surface area contributed by atoms with Crippen LogP contribution in [0.3, 0.4) is 0 Å². The van der Waals surface area contributed by atoms with E-state index in [1.165, 1.54) is 24.3 Å². The van der Waals surface area contributed by atoms with E-state index < -0.39 is 21.6 Å². The highest BCUT2D eigenvalue weighted by molar-refractivity contribution is 7.92. The Morgan fingerprint density at radius 3 is 2.35 bits per heavy atom. The number of imidazole rings is 1. The summed E-state index contributed by atoms with van der Waals surface area (Å²) in [6.45, 7) is 1.85. The van der Waals surface area contributed by atoms with Gasteiger partial charge in [-0.1, -0.05) is 42.5 Å². The van der Waals surface area contributed by atoms with Gasteiger partial charge >= 0.3 is 5.69 Å². The second-order valence-corrected chi connectivity index (χ2v) is 8.73. The monoisotopic (exact) mass is 436 g/mol. The van der Waals surface area contributed by atoms with Gasteiger partial charge < -0.3 is 15.3 Å². The average molecular weight is 436 g/mol. The third kappa shape index (κ3) is 4.36. The van der Waals surface area contributed by atoms with Crippen LogP contribution in [-0.2, 0) is 10.0 Å². The van der Waals surface area contributed by atoms with Gasteiger partial charge in [-0.3, -0.25) is 9.52 Å². The molecule has 4 rings (SSSR count). The topological polar surface area (TPSA) is 124 Å². The maximum Gasteiger partial charge on any atom is 0.323 e. The minimum absolute atomic E-state index is 0.0388. The maximum absolute atomic E-state index is 12.9. The minimum Gasteiger partial charge on any atom is -0.345 e. The first-order valence-corrected chi connectivity index (χ1v) is 11.0. The highest BCUT2D eigenvalue weighted by atomic mass is 32.2. The Kier molecular flexibility index (Phi) is 5.35. The number of benzene rings is 3. The molecule has 3 aromatic carbocycles. The van der Waals surface area contributed by atoms with E-state index in [4.69, 9.17) is 0 Å². The molecule has 0 fully saturated rings. The molecule has 0 bridgehead atoms. The molecule has 0 saturated carbocycles. The molecule has 0 aliphatic carbocycles. The quantitative estimate of drug-likeness (QED) is 0.371. The van der Waals surface area contributed by atoms with Gasteiger partial charge in [-0.05, 0) is 42.8 Å². The molecular formula is C22H20N4O4S. The molecule has 4 aromatic rings. The number of nitrogens with one attached hydrogen (secondary N) is 4. The first-order valence-electron chi connectivity index (χ1n) is 9.53.